The van der Waals surface area contributed by atoms with Gasteiger partial charge in [0, 0.05) is 37.8 Å². The molecule has 144 valence electrons. The number of piperazine rings is 1. The number of rotatable bonds is 6. The molecule has 0 bridgehead atoms. The minimum absolute atomic E-state index is 0.188. The molecule has 1 N–H and O–H groups in total. The summed E-state index contributed by atoms with van der Waals surface area (Å²) in [6, 6.07) is 13.1. The van der Waals surface area contributed by atoms with E-state index in [-0.39, 0.29) is 5.91 Å². The molecule has 1 saturated heterocycles. The van der Waals surface area contributed by atoms with Crippen LogP contribution in [0.25, 0.3) is 0 Å². The van der Waals surface area contributed by atoms with Crippen LogP contribution >= 0.6 is 0 Å². The first kappa shape index (κ1) is 19.0. The number of benzene rings is 2. The van der Waals surface area contributed by atoms with Gasteiger partial charge in [0.1, 0.15) is 11.5 Å². The van der Waals surface area contributed by atoms with Crippen molar-refractivity contribution < 1.29 is 14.3 Å². The number of methoxy groups -OCH3 is 2. The fourth-order valence-corrected chi connectivity index (χ4v) is 3.29. The molecule has 6 heteroatoms. The molecule has 0 atom stereocenters. The molecule has 0 aliphatic carbocycles. The lowest BCUT2D eigenvalue weighted by Crippen LogP contribution is -2.46. The molecule has 1 amide bonds. The van der Waals surface area contributed by atoms with E-state index >= 15 is 0 Å². The molecule has 0 spiro atoms. The van der Waals surface area contributed by atoms with Crippen molar-refractivity contribution >= 4 is 17.3 Å². The number of ether oxygens (including phenoxy) is 2. The summed E-state index contributed by atoms with van der Waals surface area (Å²) in [5.74, 6) is 0.985. The van der Waals surface area contributed by atoms with Crippen molar-refractivity contribution in [3.63, 3.8) is 0 Å². The number of hydrogen-bond acceptors (Lipinski definition) is 5. The van der Waals surface area contributed by atoms with Gasteiger partial charge in [0.05, 0.1) is 25.6 Å². The van der Waals surface area contributed by atoms with Gasteiger partial charge >= 0.3 is 0 Å². The summed E-state index contributed by atoms with van der Waals surface area (Å²) in [7, 11) is 3.14. The van der Waals surface area contributed by atoms with Crippen molar-refractivity contribution in [2.75, 3.05) is 57.2 Å². The minimum atomic E-state index is -0.188. The van der Waals surface area contributed by atoms with Crippen LogP contribution in [0.2, 0.25) is 0 Å². The van der Waals surface area contributed by atoms with Crippen molar-refractivity contribution in [2.45, 2.75) is 6.92 Å². The Morgan fingerprint density at radius 3 is 2.22 bits per heavy atom. The molecular formula is C21H27N3O3. The minimum Gasteiger partial charge on any atom is -0.497 e. The number of likely N-dealkylation sites (N-methyl/N-ethyl adjacent to an activating group) is 1. The first-order chi connectivity index (χ1) is 13.1. The number of anilines is 2. The van der Waals surface area contributed by atoms with Crippen molar-refractivity contribution in [2.24, 2.45) is 0 Å². The number of nitrogens with zero attached hydrogens (tertiary/aromatic N) is 2. The lowest BCUT2D eigenvalue weighted by Gasteiger charge is -2.36. The smallest absolute Gasteiger partial charge is 0.255 e. The molecule has 0 saturated carbocycles. The van der Waals surface area contributed by atoms with Gasteiger partial charge in [0.2, 0.25) is 0 Å². The van der Waals surface area contributed by atoms with Crippen LogP contribution in [0.1, 0.15) is 17.3 Å². The van der Waals surface area contributed by atoms with Crippen molar-refractivity contribution in [3.8, 4) is 11.5 Å². The summed E-state index contributed by atoms with van der Waals surface area (Å²) in [5, 5.41) is 3.05. The second kappa shape index (κ2) is 8.77. The van der Waals surface area contributed by atoms with E-state index in [9.17, 15) is 4.79 Å². The third-order valence-electron chi connectivity index (χ3n) is 4.93. The Labute approximate surface area is 160 Å². The Hall–Kier alpha value is -2.73. The molecule has 2 aromatic rings. The predicted octanol–water partition coefficient (Wildman–Crippen LogP) is 3.10. The number of carbonyl (C=O) groups is 1. The van der Waals surface area contributed by atoms with Gasteiger partial charge in [0.15, 0.2) is 0 Å². The number of hydrogen-bond donors (Lipinski definition) is 1. The largest absolute Gasteiger partial charge is 0.497 e. The van der Waals surface area contributed by atoms with E-state index in [1.807, 2.05) is 18.2 Å². The number of para-hydroxylation sites is 2. The predicted molar refractivity (Wildman–Crippen MR) is 108 cm³/mol. The molecule has 1 fully saturated rings. The van der Waals surface area contributed by atoms with Crippen molar-refractivity contribution in [1.29, 1.82) is 0 Å². The molecule has 0 aromatic heterocycles. The zero-order valence-electron chi connectivity index (χ0n) is 16.2. The van der Waals surface area contributed by atoms with Gasteiger partial charge < -0.3 is 24.6 Å². The average Bonchev–Trinajstić information content (AvgIpc) is 2.73. The van der Waals surface area contributed by atoms with E-state index in [0.29, 0.717) is 17.1 Å². The fraction of sp³-hybridized carbons (Fsp3) is 0.381. The molecule has 27 heavy (non-hydrogen) atoms. The van der Waals surface area contributed by atoms with E-state index in [2.05, 4.69) is 28.1 Å². The monoisotopic (exact) mass is 369 g/mol. The molecule has 3 rings (SSSR count). The molecule has 1 aliphatic heterocycles. The summed E-state index contributed by atoms with van der Waals surface area (Å²) in [6.45, 7) is 7.23. The van der Waals surface area contributed by atoms with Gasteiger partial charge in [-0.05, 0) is 30.8 Å². The molecule has 0 radical (unpaired) electrons. The first-order valence-corrected chi connectivity index (χ1v) is 9.25. The van der Waals surface area contributed by atoms with E-state index in [0.717, 1.165) is 44.1 Å². The van der Waals surface area contributed by atoms with Crippen LogP contribution in [0.3, 0.4) is 0 Å². The van der Waals surface area contributed by atoms with Crippen molar-refractivity contribution in [3.05, 3.63) is 48.0 Å². The Bertz CT molecular complexity index is 764. The standard InChI is InChI=1S/C21H27N3O3/c1-4-23-9-11-24(12-10-23)20-8-6-5-7-19(20)22-21(25)16-13-17(26-2)15-18(14-16)27-3/h5-8,13-15H,4,9-12H2,1-3H3,(H,22,25). The van der Waals surface area contributed by atoms with Crippen LogP contribution in [0, 0.1) is 0 Å². The van der Waals surface area contributed by atoms with Crippen LogP contribution < -0.4 is 19.7 Å². The highest BCUT2D eigenvalue weighted by Gasteiger charge is 2.19. The highest BCUT2D eigenvalue weighted by atomic mass is 16.5. The maximum atomic E-state index is 12.8. The molecule has 6 nitrogen and oxygen atoms in total. The van der Waals surface area contributed by atoms with E-state index in [1.165, 1.54) is 0 Å². The average molecular weight is 369 g/mol. The van der Waals surface area contributed by atoms with Gasteiger partial charge in [-0.25, -0.2) is 0 Å². The maximum Gasteiger partial charge on any atom is 0.255 e. The van der Waals surface area contributed by atoms with E-state index in [4.69, 9.17) is 9.47 Å². The molecule has 2 aromatic carbocycles. The molecular weight excluding hydrogens is 342 g/mol. The van der Waals surface area contributed by atoms with Crippen LogP contribution in [0.5, 0.6) is 11.5 Å². The van der Waals surface area contributed by atoms with Gasteiger partial charge in [-0.1, -0.05) is 19.1 Å². The Morgan fingerprint density at radius 2 is 1.63 bits per heavy atom. The Morgan fingerprint density at radius 1 is 1.00 bits per heavy atom. The van der Waals surface area contributed by atoms with E-state index in [1.54, 1.807) is 32.4 Å². The Balaban J connectivity index is 1.79. The first-order valence-electron chi connectivity index (χ1n) is 9.25. The lowest BCUT2D eigenvalue weighted by molar-refractivity contribution is 0.102. The zero-order valence-corrected chi connectivity index (χ0v) is 16.2. The molecule has 1 heterocycles. The SMILES string of the molecule is CCN1CCN(c2ccccc2NC(=O)c2cc(OC)cc(OC)c2)CC1. The van der Waals surface area contributed by atoms with Crippen LogP contribution in [0.15, 0.2) is 42.5 Å². The van der Waals surface area contributed by atoms with Crippen LogP contribution in [-0.4, -0.2) is 57.8 Å². The normalized spacial score (nSPS) is 14.7. The Kier molecular flexibility index (Phi) is 6.19. The van der Waals surface area contributed by atoms with E-state index < -0.39 is 0 Å². The van der Waals surface area contributed by atoms with Gasteiger partial charge in [-0.3, -0.25) is 4.79 Å². The second-order valence-corrected chi connectivity index (χ2v) is 6.49. The molecule has 1 aliphatic rings. The molecule has 0 unspecified atom stereocenters. The maximum absolute atomic E-state index is 12.8. The van der Waals surface area contributed by atoms with Crippen molar-refractivity contribution in [1.82, 2.24) is 4.90 Å². The summed E-state index contributed by atoms with van der Waals surface area (Å²) in [4.78, 5) is 17.6. The highest BCUT2D eigenvalue weighted by molar-refractivity contribution is 6.06. The highest BCUT2D eigenvalue weighted by Crippen LogP contribution is 2.28. The van der Waals surface area contributed by atoms with Gasteiger partial charge in [-0.15, -0.1) is 0 Å². The second-order valence-electron chi connectivity index (χ2n) is 6.49. The topological polar surface area (TPSA) is 54.0 Å². The third-order valence-corrected chi connectivity index (χ3v) is 4.93. The van der Waals surface area contributed by atoms with Crippen LogP contribution in [0.4, 0.5) is 11.4 Å². The summed E-state index contributed by atoms with van der Waals surface area (Å²) >= 11 is 0. The summed E-state index contributed by atoms with van der Waals surface area (Å²) in [6.07, 6.45) is 0. The number of nitrogens with one attached hydrogen (secondary N) is 1. The quantitative estimate of drug-likeness (QED) is 0.848. The van der Waals surface area contributed by atoms with Gasteiger partial charge in [-0.2, -0.15) is 0 Å². The summed E-state index contributed by atoms with van der Waals surface area (Å²) < 4.78 is 10.5. The van der Waals surface area contributed by atoms with Crippen LogP contribution in [-0.2, 0) is 0 Å². The van der Waals surface area contributed by atoms with Gasteiger partial charge in [0.25, 0.3) is 5.91 Å². The summed E-state index contributed by atoms with van der Waals surface area (Å²) in [5.41, 5.74) is 2.36. The number of carbonyl (C=O) groups excluding carboxylic acids is 1. The third kappa shape index (κ3) is 4.52. The lowest BCUT2D eigenvalue weighted by atomic mass is 10.1. The fourth-order valence-electron chi connectivity index (χ4n) is 3.29. The zero-order chi connectivity index (χ0) is 19.2. The number of amides is 1.